The topological polar surface area (TPSA) is 83.4 Å². The summed E-state index contributed by atoms with van der Waals surface area (Å²) in [4.78, 5) is 6.88. The number of rotatable bonds is 7. The van der Waals surface area contributed by atoms with E-state index in [0.717, 1.165) is 30.8 Å². The van der Waals surface area contributed by atoms with Gasteiger partial charge in [-0.2, -0.15) is 0 Å². The molecule has 4 aromatic rings. The number of aryl methyl sites for hydroxylation is 1. The summed E-state index contributed by atoms with van der Waals surface area (Å²) in [5, 5.41) is 21.8. The molecule has 0 radical (unpaired) electrons. The van der Waals surface area contributed by atoms with Crippen molar-refractivity contribution in [3.8, 4) is 22.6 Å². The van der Waals surface area contributed by atoms with E-state index >= 15 is 0 Å². The summed E-state index contributed by atoms with van der Waals surface area (Å²) in [7, 11) is 0. The molecule has 3 aromatic carbocycles. The van der Waals surface area contributed by atoms with Crippen molar-refractivity contribution in [3.63, 3.8) is 0 Å². The lowest BCUT2D eigenvalue weighted by atomic mass is 10.0. The zero-order valence-electron chi connectivity index (χ0n) is 19.3. The molecule has 180 valence electrons. The second kappa shape index (κ2) is 10.0. The third-order valence-corrected chi connectivity index (χ3v) is 6.39. The lowest BCUT2D eigenvalue weighted by Crippen LogP contribution is -2.25. The first-order chi connectivity index (χ1) is 17.0. The zero-order chi connectivity index (χ0) is 24.4. The Morgan fingerprint density at radius 3 is 2.71 bits per heavy atom. The molecule has 1 aliphatic rings. The van der Waals surface area contributed by atoms with E-state index in [4.69, 9.17) is 16.3 Å². The number of hydrogen-bond acceptors (Lipinski definition) is 7. The number of phenols is 1. The van der Waals surface area contributed by atoms with Crippen molar-refractivity contribution >= 4 is 34.3 Å². The van der Waals surface area contributed by atoms with Crippen molar-refractivity contribution in [1.29, 1.82) is 0 Å². The molecule has 1 aromatic heterocycles. The summed E-state index contributed by atoms with van der Waals surface area (Å²) in [5.74, 6) is 0.155. The fourth-order valence-electron chi connectivity index (χ4n) is 4.27. The molecule has 0 aliphatic carbocycles. The second-order valence-corrected chi connectivity index (χ2v) is 9.04. The summed E-state index contributed by atoms with van der Waals surface area (Å²) < 4.78 is 20.2. The highest BCUT2D eigenvalue weighted by atomic mass is 35.5. The van der Waals surface area contributed by atoms with E-state index in [-0.39, 0.29) is 17.4 Å². The van der Waals surface area contributed by atoms with Crippen LogP contribution in [0.5, 0.6) is 11.5 Å². The van der Waals surface area contributed by atoms with E-state index in [0.29, 0.717) is 33.9 Å². The molecule has 1 fully saturated rings. The monoisotopic (exact) mass is 493 g/mol. The third-order valence-electron chi connectivity index (χ3n) is 6.06. The Bertz CT molecular complexity index is 1380. The van der Waals surface area contributed by atoms with Gasteiger partial charge in [0, 0.05) is 28.9 Å². The fourth-order valence-corrected chi connectivity index (χ4v) is 4.50. The molecule has 9 heteroatoms. The second-order valence-electron chi connectivity index (χ2n) is 8.63. The molecule has 1 aliphatic heterocycles. The minimum atomic E-state index is -0.450. The van der Waals surface area contributed by atoms with Gasteiger partial charge in [0.2, 0.25) is 5.95 Å². The smallest absolute Gasteiger partial charge is 0.247 e. The van der Waals surface area contributed by atoms with Gasteiger partial charge in [0.05, 0.1) is 5.52 Å². The number of nitrogens with zero attached hydrogens (tertiary/aromatic N) is 4. The quantitative estimate of drug-likeness (QED) is 0.341. The third kappa shape index (κ3) is 5.28. The van der Waals surface area contributed by atoms with Crippen LogP contribution in [0.25, 0.3) is 22.2 Å². The maximum absolute atomic E-state index is 14.6. The molecular formula is C26H25ClFN5O2. The Morgan fingerprint density at radius 1 is 1.09 bits per heavy atom. The van der Waals surface area contributed by atoms with E-state index in [2.05, 4.69) is 25.4 Å². The normalized spacial score (nSPS) is 13.9. The van der Waals surface area contributed by atoms with Crippen LogP contribution in [0.2, 0.25) is 5.02 Å². The van der Waals surface area contributed by atoms with Gasteiger partial charge in [-0.1, -0.05) is 11.6 Å². The van der Waals surface area contributed by atoms with E-state index in [9.17, 15) is 9.50 Å². The Kier molecular flexibility index (Phi) is 6.66. The minimum Gasteiger partial charge on any atom is -0.508 e. The number of ether oxygens (including phenoxy) is 1. The number of hydrogen-bond donors (Lipinski definition) is 2. The molecule has 0 saturated carbocycles. The highest BCUT2D eigenvalue weighted by Gasteiger charge is 2.13. The first-order valence-electron chi connectivity index (χ1n) is 11.5. The predicted molar refractivity (Wildman–Crippen MR) is 135 cm³/mol. The highest BCUT2D eigenvalue weighted by molar-refractivity contribution is 6.33. The van der Waals surface area contributed by atoms with Gasteiger partial charge in [-0.3, -0.25) is 4.90 Å². The standard InChI is InChI=1S/C26H25ClFN5O2/c1-16-12-17(20-15-19(34)5-6-21(20)27)13-23-25(16)30-26(32-31-23)29-18-4-7-24(22(28)14-18)35-11-10-33-8-2-3-9-33/h4-7,12-15,34H,2-3,8-11H2,1H3,(H,29,30,32). The van der Waals surface area contributed by atoms with Crippen LogP contribution in [0.15, 0.2) is 48.5 Å². The Balaban J connectivity index is 1.31. The van der Waals surface area contributed by atoms with Gasteiger partial charge < -0.3 is 15.2 Å². The Hall–Kier alpha value is -3.49. The fraction of sp³-hybridized carbons (Fsp3) is 0.269. The van der Waals surface area contributed by atoms with Crippen LogP contribution in [0.3, 0.4) is 0 Å². The van der Waals surface area contributed by atoms with Crippen LogP contribution in [0.4, 0.5) is 16.0 Å². The minimum absolute atomic E-state index is 0.126. The number of likely N-dealkylation sites (tertiary alicyclic amines) is 1. The molecule has 7 nitrogen and oxygen atoms in total. The molecule has 0 atom stereocenters. The van der Waals surface area contributed by atoms with Gasteiger partial charge in [0.1, 0.15) is 17.9 Å². The average molecular weight is 494 g/mol. The van der Waals surface area contributed by atoms with Crippen LogP contribution < -0.4 is 10.1 Å². The van der Waals surface area contributed by atoms with Crippen molar-refractivity contribution in [3.05, 3.63) is 64.9 Å². The molecule has 1 saturated heterocycles. The molecule has 0 bridgehead atoms. The summed E-state index contributed by atoms with van der Waals surface area (Å²) in [6.45, 7) is 5.33. The highest BCUT2D eigenvalue weighted by Crippen LogP contribution is 2.33. The van der Waals surface area contributed by atoms with Crippen molar-refractivity contribution in [2.45, 2.75) is 19.8 Å². The van der Waals surface area contributed by atoms with E-state index in [1.807, 2.05) is 19.1 Å². The van der Waals surface area contributed by atoms with Gasteiger partial charge in [-0.05, 0) is 86.4 Å². The molecule has 2 N–H and O–H groups in total. The van der Waals surface area contributed by atoms with Crippen molar-refractivity contribution in [2.75, 3.05) is 31.6 Å². The van der Waals surface area contributed by atoms with Crippen LogP contribution >= 0.6 is 11.6 Å². The van der Waals surface area contributed by atoms with Crippen molar-refractivity contribution in [2.24, 2.45) is 0 Å². The van der Waals surface area contributed by atoms with Gasteiger partial charge in [-0.25, -0.2) is 9.37 Å². The SMILES string of the molecule is Cc1cc(-c2cc(O)ccc2Cl)cc2nnc(Nc3ccc(OCCN4CCCC4)c(F)c3)nc12. The summed E-state index contributed by atoms with van der Waals surface area (Å²) in [5.41, 5.74) is 4.09. The number of aromatic nitrogens is 3. The lowest BCUT2D eigenvalue weighted by molar-refractivity contribution is 0.231. The maximum Gasteiger partial charge on any atom is 0.247 e. The first kappa shape index (κ1) is 23.3. The molecule has 0 amide bonds. The largest absolute Gasteiger partial charge is 0.508 e. The predicted octanol–water partition coefficient (Wildman–Crippen LogP) is 5.72. The molecular weight excluding hydrogens is 469 g/mol. The zero-order valence-corrected chi connectivity index (χ0v) is 20.0. The number of fused-ring (bicyclic) bond motifs is 1. The number of anilines is 2. The molecule has 2 heterocycles. The number of aromatic hydroxyl groups is 1. The lowest BCUT2D eigenvalue weighted by Gasteiger charge is -2.15. The number of halogens is 2. The molecule has 35 heavy (non-hydrogen) atoms. The van der Waals surface area contributed by atoms with Gasteiger partial charge in [0.25, 0.3) is 0 Å². The average Bonchev–Trinajstić information content (AvgIpc) is 3.36. The Labute approximate surface area is 207 Å². The van der Waals surface area contributed by atoms with E-state index in [1.54, 1.807) is 24.3 Å². The van der Waals surface area contributed by atoms with Crippen LogP contribution in [0.1, 0.15) is 18.4 Å². The van der Waals surface area contributed by atoms with Gasteiger partial charge in [0.15, 0.2) is 11.6 Å². The van der Waals surface area contributed by atoms with E-state index in [1.165, 1.54) is 25.0 Å². The number of nitrogens with one attached hydrogen (secondary N) is 1. The van der Waals surface area contributed by atoms with E-state index < -0.39 is 5.82 Å². The molecule has 5 rings (SSSR count). The van der Waals surface area contributed by atoms with Crippen molar-refractivity contribution in [1.82, 2.24) is 20.1 Å². The van der Waals surface area contributed by atoms with Crippen LogP contribution in [-0.2, 0) is 0 Å². The van der Waals surface area contributed by atoms with Crippen LogP contribution in [-0.4, -0.2) is 51.4 Å². The molecule has 0 unspecified atom stereocenters. The molecule has 0 spiro atoms. The number of phenolic OH excluding ortho intramolecular Hbond substituents is 1. The van der Waals surface area contributed by atoms with Gasteiger partial charge >= 0.3 is 0 Å². The van der Waals surface area contributed by atoms with Crippen molar-refractivity contribution < 1.29 is 14.2 Å². The first-order valence-corrected chi connectivity index (χ1v) is 11.9. The van der Waals surface area contributed by atoms with Gasteiger partial charge in [-0.15, -0.1) is 10.2 Å². The summed E-state index contributed by atoms with van der Waals surface area (Å²) >= 11 is 6.32. The maximum atomic E-state index is 14.6. The Morgan fingerprint density at radius 2 is 1.91 bits per heavy atom. The number of benzene rings is 3. The summed E-state index contributed by atoms with van der Waals surface area (Å²) in [6, 6.07) is 13.2. The van der Waals surface area contributed by atoms with Crippen LogP contribution in [0, 0.1) is 12.7 Å². The summed E-state index contributed by atoms with van der Waals surface area (Å²) in [6.07, 6.45) is 2.43.